The average Bonchev–Trinajstić information content (AvgIpc) is 2.64. The molecule has 0 aromatic heterocycles. The lowest BCUT2D eigenvalue weighted by Crippen LogP contribution is -2.47. The van der Waals surface area contributed by atoms with Crippen LogP contribution in [0.4, 0.5) is 0 Å². The van der Waals surface area contributed by atoms with Crippen LogP contribution in [0, 0.1) is 0 Å². The molecule has 0 radical (unpaired) electrons. The molecule has 1 fully saturated rings. The van der Waals surface area contributed by atoms with Crippen LogP contribution in [0.15, 0.2) is 0 Å². The van der Waals surface area contributed by atoms with E-state index in [0.717, 1.165) is 12.8 Å². The number of esters is 2. The van der Waals surface area contributed by atoms with Crippen LogP contribution in [0.2, 0.25) is 0 Å². The molecule has 0 aromatic carbocycles. The number of nitrogens with two attached hydrogens (primary N) is 1. The molecule has 0 aliphatic heterocycles. The SMILES string of the molecule is C[C@H](N)C(=O)OC1(C(=O)OC(C)(C)C)CCCC1. The van der Waals surface area contributed by atoms with Gasteiger partial charge in [0.2, 0.25) is 5.60 Å². The molecule has 0 amide bonds. The van der Waals surface area contributed by atoms with Gasteiger partial charge in [0.25, 0.3) is 0 Å². The summed E-state index contributed by atoms with van der Waals surface area (Å²) in [4.78, 5) is 23.8. The van der Waals surface area contributed by atoms with E-state index < -0.39 is 29.2 Å². The van der Waals surface area contributed by atoms with Crippen LogP contribution >= 0.6 is 0 Å². The summed E-state index contributed by atoms with van der Waals surface area (Å²) in [6.45, 7) is 6.92. The van der Waals surface area contributed by atoms with Crippen LogP contribution in [-0.4, -0.2) is 29.2 Å². The Morgan fingerprint density at radius 2 is 1.72 bits per heavy atom. The summed E-state index contributed by atoms with van der Waals surface area (Å²) < 4.78 is 10.7. The molecule has 1 aliphatic rings. The number of carbonyl (C=O) groups is 2. The van der Waals surface area contributed by atoms with E-state index in [9.17, 15) is 9.59 Å². The summed E-state index contributed by atoms with van der Waals surface area (Å²) >= 11 is 0. The van der Waals surface area contributed by atoms with Gasteiger partial charge in [-0.2, -0.15) is 0 Å². The highest BCUT2D eigenvalue weighted by molar-refractivity contribution is 5.85. The molecule has 1 aliphatic carbocycles. The molecule has 18 heavy (non-hydrogen) atoms. The Morgan fingerprint density at radius 1 is 1.22 bits per heavy atom. The third kappa shape index (κ3) is 3.70. The highest BCUT2D eigenvalue weighted by Gasteiger charge is 2.48. The highest BCUT2D eigenvalue weighted by atomic mass is 16.6. The van der Waals surface area contributed by atoms with Gasteiger partial charge in [-0.05, 0) is 53.4 Å². The summed E-state index contributed by atoms with van der Waals surface area (Å²) in [5, 5.41) is 0. The molecular formula is C13H23NO4. The molecule has 5 nitrogen and oxygen atoms in total. The van der Waals surface area contributed by atoms with Crippen LogP contribution < -0.4 is 5.73 Å². The van der Waals surface area contributed by atoms with E-state index in [1.54, 1.807) is 27.7 Å². The topological polar surface area (TPSA) is 78.6 Å². The Hall–Kier alpha value is -1.10. The molecule has 1 rings (SSSR count). The predicted octanol–water partition coefficient (Wildman–Crippen LogP) is 1.53. The lowest BCUT2D eigenvalue weighted by molar-refractivity contribution is -0.190. The Morgan fingerprint density at radius 3 is 2.11 bits per heavy atom. The number of carbonyl (C=O) groups excluding carboxylic acids is 2. The first kappa shape index (κ1) is 15.0. The molecule has 0 bridgehead atoms. The van der Waals surface area contributed by atoms with Crippen LogP contribution in [0.1, 0.15) is 53.4 Å². The molecule has 104 valence electrons. The van der Waals surface area contributed by atoms with Crippen molar-refractivity contribution in [3.05, 3.63) is 0 Å². The van der Waals surface area contributed by atoms with E-state index in [2.05, 4.69) is 0 Å². The number of hydrogen-bond donors (Lipinski definition) is 1. The minimum absolute atomic E-state index is 0.457. The summed E-state index contributed by atoms with van der Waals surface area (Å²) in [5.41, 5.74) is 3.76. The fraction of sp³-hybridized carbons (Fsp3) is 0.846. The van der Waals surface area contributed by atoms with Crippen molar-refractivity contribution in [3.63, 3.8) is 0 Å². The Labute approximate surface area is 108 Å². The summed E-state index contributed by atoms with van der Waals surface area (Å²) in [7, 11) is 0. The Kier molecular flexibility index (Phi) is 4.37. The molecule has 1 atom stereocenters. The molecule has 2 N–H and O–H groups in total. The normalized spacial score (nSPS) is 20.3. The largest absolute Gasteiger partial charge is 0.457 e. The van der Waals surface area contributed by atoms with Crippen LogP contribution in [-0.2, 0) is 19.1 Å². The van der Waals surface area contributed by atoms with Gasteiger partial charge in [0.1, 0.15) is 11.6 Å². The van der Waals surface area contributed by atoms with Crippen LogP contribution in [0.25, 0.3) is 0 Å². The van der Waals surface area contributed by atoms with Gasteiger partial charge in [0.05, 0.1) is 0 Å². The maximum Gasteiger partial charge on any atom is 0.351 e. The van der Waals surface area contributed by atoms with Gasteiger partial charge in [0.15, 0.2) is 0 Å². The molecule has 0 unspecified atom stereocenters. The Bertz CT molecular complexity index is 324. The van der Waals surface area contributed by atoms with Crippen LogP contribution in [0.5, 0.6) is 0 Å². The zero-order valence-corrected chi connectivity index (χ0v) is 11.6. The van der Waals surface area contributed by atoms with Crippen molar-refractivity contribution in [1.29, 1.82) is 0 Å². The van der Waals surface area contributed by atoms with Crippen molar-refractivity contribution < 1.29 is 19.1 Å². The van der Waals surface area contributed by atoms with Crippen molar-refractivity contribution >= 4 is 11.9 Å². The number of ether oxygens (including phenoxy) is 2. The third-order valence-electron chi connectivity index (χ3n) is 2.85. The molecule has 0 aromatic rings. The van der Waals surface area contributed by atoms with E-state index in [1.807, 2.05) is 0 Å². The molecule has 0 heterocycles. The van der Waals surface area contributed by atoms with E-state index in [4.69, 9.17) is 15.2 Å². The second-order valence-corrected chi connectivity index (χ2v) is 5.91. The second kappa shape index (κ2) is 5.26. The number of rotatable bonds is 3. The fourth-order valence-corrected chi connectivity index (χ4v) is 1.95. The first-order valence-electron chi connectivity index (χ1n) is 6.38. The van der Waals surface area contributed by atoms with Crippen molar-refractivity contribution in [2.45, 2.75) is 70.6 Å². The van der Waals surface area contributed by atoms with Gasteiger partial charge >= 0.3 is 11.9 Å². The molecular weight excluding hydrogens is 234 g/mol. The van der Waals surface area contributed by atoms with E-state index in [-0.39, 0.29) is 0 Å². The lowest BCUT2D eigenvalue weighted by atomic mass is 10.0. The minimum Gasteiger partial charge on any atom is -0.457 e. The zero-order valence-electron chi connectivity index (χ0n) is 11.6. The van der Waals surface area contributed by atoms with E-state index in [1.165, 1.54) is 0 Å². The van der Waals surface area contributed by atoms with E-state index >= 15 is 0 Å². The standard InChI is InChI=1S/C13H23NO4/c1-9(14)10(15)17-13(7-5-6-8-13)11(16)18-12(2,3)4/h9H,5-8,14H2,1-4H3/t9-/m0/s1. The molecule has 1 saturated carbocycles. The van der Waals surface area contributed by atoms with Gasteiger partial charge in [-0.15, -0.1) is 0 Å². The van der Waals surface area contributed by atoms with Crippen molar-refractivity contribution in [2.75, 3.05) is 0 Å². The number of hydrogen-bond acceptors (Lipinski definition) is 5. The predicted molar refractivity (Wildman–Crippen MR) is 66.8 cm³/mol. The van der Waals surface area contributed by atoms with Gasteiger partial charge in [0, 0.05) is 0 Å². The quantitative estimate of drug-likeness (QED) is 0.776. The smallest absolute Gasteiger partial charge is 0.351 e. The van der Waals surface area contributed by atoms with Gasteiger partial charge in [-0.3, -0.25) is 4.79 Å². The van der Waals surface area contributed by atoms with Crippen molar-refractivity contribution in [1.82, 2.24) is 0 Å². The second-order valence-electron chi connectivity index (χ2n) is 5.91. The van der Waals surface area contributed by atoms with Gasteiger partial charge in [-0.25, -0.2) is 4.79 Å². The third-order valence-corrected chi connectivity index (χ3v) is 2.85. The first-order valence-corrected chi connectivity index (χ1v) is 6.38. The molecule has 0 saturated heterocycles. The highest BCUT2D eigenvalue weighted by Crippen LogP contribution is 2.35. The fourth-order valence-electron chi connectivity index (χ4n) is 1.95. The average molecular weight is 257 g/mol. The maximum absolute atomic E-state index is 12.2. The van der Waals surface area contributed by atoms with Gasteiger partial charge < -0.3 is 15.2 Å². The lowest BCUT2D eigenvalue weighted by Gasteiger charge is -2.31. The Balaban J connectivity index is 2.81. The van der Waals surface area contributed by atoms with Gasteiger partial charge in [-0.1, -0.05) is 0 Å². The van der Waals surface area contributed by atoms with Crippen molar-refractivity contribution in [2.24, 2.45) is 5.73 Å². The molecule has 5 heteroatoms. The summed E-state index contributed by atoms with van der Waals surface area (Å²) in [6, 6.07) is -0.732. The van der Waals surface area contributed by atoms with Crippen LogP contribution in [0.3, 0.4) is 0 Å². The monoisotopic (exact) mass is 257 g/mol. The minimum atomic E-state index is -1.13. The maximum atomic E-state index is 12.2. The summed E-state index contributed by atoms with van der Waals surface area (Å²) in [5.74, 6) is -1.01. The summed E-state index contributed by atoms with van der Waals surface area (Å²) in [6.07, 6.45) is 2.73. The van der Waals surface area contributed by atoms with E-state index in [0.29, 0.717) is 12.8 Å². The van der Waals surface area contributed by atoms with Crippen molar-refractivity contribution in [3.8, 4) is 0 Å². The first-order chi connectivity index (χ1) is 8.16. The molecule has 0 spiro atoms. The zero-order chi connectivity index (χ0) is 14.0.